The molecule has 2 saturated heterocycles. The average Bonchev–Trinajstić information content (AvgIpc) is 2.45. The maximum absolute atomic E-state index is 3.46. The first-order chi connectivity index (χ1) is 8.88. The Morgan fingerprint density at radius 3 is 2.50 bits per heavy atom. The molecule has 0 bridgehead atoms. The number of hydrogen-bond acceptors (Lipinski definition) is 3. The molecule has 0 aromatic carbocycles. The highest BCUT2D eigenvalue weighted by atomic mass is 15.2. The summed E-state index contributed by atoms with van der Waals surface area (Å²) in [4.78, 5) is 5.33. The minimum Gasteiger partial charge on any atom is -0.317 e. The lowest BCUT2D eigenvalue weighted by atomic mass is 9.97. The minimum atomic E-state index is 0.938. The molecule has 3 heteroatoms. The zero-order chi connectivity index (χ0) is 12.6. The third-order valence-corrected chi connectivity index (χ3v) is 4.60. The SMILES string of the molecule is CCN(CCN1CCCCC1)CC1CCNCC1. The summed E-state index contributed by atoms with van der Waals surface area (Å²) in [5.41, 5.74) is 0. The van der Waals surface area contributed by atoms with Crippen molar-refractivity contribution in [2.75, 3.05) is 52.4 Å². The van der Waals surface area contributed by atoms with Gasteiger partial charge in [0.2, 0.25) is 0 Å². The number of rotatable bonds is 6. The summed E-state index contributed by atoms with van der Waals surface area (Å²) >= 11 is 0. The van der Waals surface area contributed by atoms with E-state index in [1.165, 1.54) is 84.5 Å². The van der Waals surface area contributed by atoms with Crippen LogP contribution in [0.5, 0.6) is 0 Å². The van der Waals surface area contributed by atoms with E-state index in [0.717, 1.165) is 5.92 Å². The molecule has 18 heavy (non-hydrogen) atoms. The van der Waals surface area contributed by atoms with Crippen molar-refractivity contribution in [2.24, 2.45) is 5.92 Å². The molecule has 0 amide bonds. The van der Waals surface area contributed by atoms with Crippen molar-refractivity contribution in [3.63, 3.8) is 0 Å². The van der Waals surface area contributed by atoms with E-state index < -0.39 is 0 Å². The topological polar surface area (TPSA) is 18.5 Å². The summed E-state index contributed by atoms with van der Waals surface area (Å²) in [6.07, 6.45) is 7.03. The Kier molecular flexibility index (Phi) is 6.46. The van der Waals surface area contributed by atoms with Crippen molar-refractivity contribution < 1.29 is 0 Å². The minimum absolute atomic E-state index is 0.938. The summed E-state index contributed by atoms with van der Waals surface area (Å²) < 4.78 is 0. The summed E-state index contributed by atoms with van der Waals surface area (Å²) in [5, 5.41) is 3.46. The Morgan fingerprint density at radius 2 is 1.83 bits per heavy atom. The Bertz CT molecular complexity index is 208. The Morgan fingerprint density at radius 1 is 1.11 bits per heavy atom. The molecule has 0 aromatic heterocycles. The molecule has 0 spiro atoms. The van der Waals surface area contributed by atoms with E-state index in [1.54, 1.807) is 0 Å². The number of nitrogens with zero attached hydrogens (tertiary/aromatic N) is 2. The molecule has 0 aromatic rings. The predicted octanol–water partition coefficient (Wildman–Crippen LogP) is 1.79. The zero-order valence-corrected chi connectivity index (χ0v) is 12.2. The average molecular weight is 253 g/mol. The van der Waals surface area contributed by atoms with Crippen molar-refractivity contribution in [1.82, 2.24) is 15.1 Å². The lowest BCUT2D eigenvalue weighted by Crippen LogP contribution is -2.41. The fraction of sp³-hybridized carbons (Fsp3) is 1.00. The van der Waals surface area contributed by atoms with E-state index in [-0.39, 0.29) is 0 Å². The Labute approximate surface area is 113 Å². The maximum Gasteiger partial charge on any atom is 0.0109 e. The second-order valence-corrected chi connectivity index (χ2v) is 5.99. The molecule has 2 fully saturated rings. The van der Waals surface area contributed by atoms with Crippen LogP contribution in [0.25, 0.3) is 0 Å². The third-order valence-electron chi connectivity index (χ3n) is 4.60. The van der Waals surface area contributed by atoms with Crippen LogP contribution in [0, 0.1) is 5.92 Å². The molecule has 3 nitrogen and oxygen atoms in total. The van der Waals surface area contributed by atoms with Crippen LogP contribution in [0.2, 0.25) is 0 Å². The first-order valence-corrected chi connectivity index (χ1v) is 8.04. The first-order valence-electron chi connectivity index (χ1n) is 8.04. The van der Waals surface area contributed by atoms with Crippen LogP contribution in [0.15, 0.2) is 0 Å². The molecule has 2 heterocycles. The zero-order valence-electron chi connectivity index (χ0n) is 12.2. The lowest BCUT2D eigenvalue weighted by Gasteiger charge is -2.32. The molecule has 0 unspecified atom stereocenters. The van der Waals surface area contributed by atoms with Crippen LogP contribution in [0.1, 0.15) is 39.0 Å². The summed E-state index contributed by atoms with van der Waals surface area (Å²) in [6, 6.07) is 0. The van der Waals surface area contributed by atoms with E-state index in [9.17, 15) is 0 Å². The number of likely N-dealkylation sites (tertiary alicyclic amines) is 1. The van der Waals surface area contributed by atoms with Crippen LogP contribution >= 0.6 is 0 Å². The number of hydrogen-bond donors (Lipinski definition) is 1. The molecule has 0 atom stereocenters. The lowest BCUT2D eigenvalue weighted by molar-refractivity contribution is 0.163. The van der Waals surface area contributed by atoms with E-state index in [0.29, 0.717) is 0 Å². The fourth-order valence-electron chi connectivity index (χ4n) is 3.27. The van der Waals surface area contributed by atoms with Crippen LogP contribution < -0.4 is 5.32 Å². The molecule has 0 radical (unpaired) electrons. The van der Waals surface area contributed by atoms with Gasteiger partial charge in [-0.3, -0.25) is 0 Å². The maximum atomic E-state index is 3.46. The van der Waals surface area contributed by atoms with Gasteiger partial charge in [-0.15, -0.1) is 0 Å². The highest BCUT2D eigenvalue weighted by molar-refractivity contribution is 4.73. The van der Waals surface area contributed by atoms with Crippen LogP contribution in [-0.2, 0) is 0 Å². The smallest absolute Gasteiger partial charge is 0.0109 e. The quantitative estimate of drug-likeness (QED) is 0.778. The molecular formula is C15H31N3. The third kappa shape index (κ3) is 4.87. The predicted molar refractivity (Wildman–Crippen MR) is 78.0 cm³/mol. The molecule has 0 aliphatic carbocycles. The standard InChI is InChI=1S/C15H31N3/c1-2-17(14-15-6-8-16-9-7-15)12-13-18-10-4-3-5-11-18/h15-16H,2-14H2,1H3. The van der Waals surface area contributed by atoms with E-state index in [1.807, 2.05) is 0 Å². The van der Waals surface area contributed by atoms with Gasteiger partial charge in [-0.05, 0) is 64.3 Å². The number of piperidine rings is 2. The number of likely N-dealkylation sites (N-methyl/N-ethyl adjacent to an activating group) is 1. The molecule has 2 rings (SSSR count). The molecule has 2 aliphatic heterocycles. The van der Waals surface area contributed by atoms with Crippen LogP contribution in [-0.4, -0.2) is 62.2 Å². The fourth-order valence-corrected chi connectivity index (χ4v) is 3.27. The van der Waals surface area contributed by atoms with E-state index >= 15 is 0 Å². The van der Waals surface area contributed by atoms with Gasteiger partial charge < -0.3 is 15.1 Å². The molecule has 106 valence electrons. The molecule has 1 N–H and O–H groups in total. The summed E-state index contributed by atoms with van der Waals surface area (Å²) in [5.74, 6) is 0.938. The summed E-state index contributed by atoms with van der Waals surface area (Å²) in [6.45, 7) is 12.6. The van der Waals surface area contributed by atoms with Gasteiger partial charge >= 0.3 is 0 Å². The van der Waals surface area contributed by atoms with Crippen molar-refractivity contribution >= 4 is 0 Å². The van der Waals surface area contributed by atoms with Gasteiger partial charge in [0.25, 0.3) is 0 Å². The van der Waals surface area contributed by atoms with Gasteiger partial charge in [0.05, 0.1) is 0 Å². The van der Waals surface area contributed by atoms with Gasteiger partial charge in [-0.1, -0.05) is 13.3 Å². The molecule has 0 saturated carbocycles. The van der Waals surface area contributed by atoms with E-state index in [2.05, 4.69) is 22.0 Å². The summed E-state index contributed by atoms with van der Waals surface area (Å²) in [7, 11) is 0. The van der Waals surface area contributed by atoms with Crippen molar-refractivity contribution in [1.29, 1.82) is 0 Å². The van der Waals surface area contributed by atoms with Gasteiger partial charge in [-0.2, -0.15) is 0 Å². The van der Waals surface area contributed by atoms with Crippen LogP contribution in [0.4, 0.5) is 0 Å². The van der Waals surface area contributed by atoms with Gasteiger partial charge in [-0.25, -0.2) is 0 Å². The second-order valence-electron chi connectivity index (χ2n) is 5.99. The largest absolute Gasteiger partial charge is 0.317 e. The van der Waals surface area contributed by atoms with Gasteiger partial charge in [0.15, 0.2) is 0 Å². The van der Waals surface area contributed by atoms with Gasteiger partial charge in [0, 0.05) is 19.6 Å². The normalized spacial score (nSPS) is 23.7. The highest BCUT2D eigenvalue weighted by Gasteiger charge is 2.17. The highest BCUT2D eigenvalue weighted by Crippen LogP contribution is 2.14. The second kappa shape index (κ2) is 8.13. The Hall–Kier alpha value is -0.120. The Balaban J connectivity index is 1.64. The first kappa shape index (κ1) is 14.3. The van der Waals surface area contributed by atoms with Crippen LogP contribution in [0.3, 0.4) is 0 Å². The monoisotopic (exact) mass is 253 g/mol. The van der Waals surface area contributed by atoms with Gasteiger partial charge in [0.1, 0.15) is 0 Å². The van der Waals surface area contributed by atoms with Crippen molar-refractivity contribution in [2.45, 2.75) is 39.0 Å². The van der Waals surface area contributed by atoms with E-state index in [4.69, 9.17) is 0 Å². The molecule has 2 aliphatic rings. The number of nitrogens with one attached hydrogen (secondary N) is 1. The van der Waals surface area contributed by atoms with Crippen molar-refractivity contribution in [3.8, 4) is 0 Å². The molecular weight excluding hydrogens is 222 g/mol. The van der Waals surface area contributed by atoms with Crippen molar-refractivity contribution in [3.05, 3.63) is 0 Å².